The zero-order valence-corrected chi connectivity index (χ0v) is 21.9. The molecule has 0 aliphatic carbocycles. The van der Waals surface area contributed by atoms with Crippen LogP contribution in [0, 0.1) is 0 Å². The van der Waals surface area contributed by atoms with Crippen molar-refractivity contribution in [3.63, 3.8) is 0 Å². The SMILES string of the molecule is CCCC/C=C/CC/C=C/C(O)C(CO)NC(=O)CCCCCCCCCCCCCCC. The largest absolute Gasteiger partial charge is 0.394 e. The molecule has 0 bridgehead atoms. The molecule has 4 nitrogen and oxygen atoms in total. The van der Waals surface area contributed by atoms with Crippen LogP contribution in [0.25, 0.3) is 0 Å². The van der Waals surface area contributed by atoms with Crippen molar-refractivity contribution in [2.75, 3.05) is 6.61 Å². The van der Waals surface area contributed by atoms with Crippen molar-refractivity contribution in [3.05, 3.63) is 24.3 Å². The van der Waals surface area contributed by atoms with E-state index in [0.29, 0.717) is 6.42 Å². The zero-order chi connectivity index (χ0) is 24.4. The summed E-state index contributed by atoms with van der Waals surface area (Å²) >= 11 is 0. The Morgan fingerprint density at radius 1 is 0.697 bits per heavy atom. The monoisotopic (exact) mass is 465 g/mol. The molecule has 0 heterocycles. The second-order valence-corrected chi connectivity index (χ2v) is 9.46. The summed E-state index contributed by atoms with van der Waals surface area (Å²) in [6.07, 6.45) is 29.6. The minimum atomic E-state index is -0.852. The third-order valence-corrected chi connectivity index (χ3v) is 6.19. The Hall–Kier alpha value is -1.13. The molecule has 0 aromatic rings. The molecule has 4 heteroatoms. The van der Waals surface area contributed by atoms with E-state index in [4.69, 9.17) is 0 Å². The average Bonchev–Trinajstić information content (AvgIpc) is 2.82. The van der Waals surface area contributed by atoms with Crippen LogP contribution in [-0.4, -0.2) is 34.9 Å². The molecule has 1 amide bonds. The van der Waals surface area contributed by atoms with Crippen LogP contribution in [0.3, 0.4) is 0 Å². The number of rotatable bonds is 24. The van der Waals surface area contributed by atoms with Gasteiger partial charge in [-0.05, 0) is 25.7 Å². The summed E-state index contributed by atoms with van der Waals surface area (Å²) in [6, 6.07) is -0.629. The van der Waals surface area contributed by atoms with Gasteiger partial charge in [0.1, 0.15) is 0 Å². The first kappa shape index (κ1) is 31.9. The van der Waals surface area contributed by atoms with Gasteiger partial charge in [0.25, 0.3) is 0 Å². The number of aliphatic hydroxyl groups is 2. The Balaban J connectivity index is 3.70. The van der Waals surface area contributed by atoms with Crippen molar-refractivity contribution < 1.29 is 15.0 Å². The van der Waals surface area contributed by atoms with Crippen LogP contribution in [0.2, 0.25) is 0 Å². The lowest BCUT2D eigenvalue weighted by atomic mass is 10.0. The highest BCUT2D eigenvalue weighted by Crippen LogP contribution is 2.13. The van der Waals surface area contributed by atoms with Crippen LogP contribution >= 0.6 is 0 Å². The van der Waals surface area contributed by atoms with E-state index in [1.165, 1.54) is 83.5 Å². The van der Waals surface area contributed by atoms with Crippen LogP contribution < -0.4 is 5.32 Å². The Labute approximate surface area is 205 Å². The molecule has 0 spiro atoms. The van der Waals surface area contributed by atoms with E-state index < -0.39 is 12.1 Å². The van der Waals surface area contributed by atoms with Gasteiger partial charge < -0.3 is 15.5 Å². The topological polar surface area (TPSA) is 69.6 Å². The third kappa shape index (κ3) is 22.4. The molecule has 194 valence electrons. The van der Waals surface area contributed by atoms with Gasteiger partial charge in [0.05, 0.1) is 18.8 Å². The maximum atomic E-state index is 12.2. The van der Waals surface area contributed by atoms with E-state index in [9.17, 15) is 15.0 Å². The fourth-order valence-electron chi connectivity index (χ4n) is 3.94. The molecule has 0 aromatic heterocycles. The van der Waals surface area contributed by atoms with Crippen LogP contribution in [0.4, 0.5) is 0 Å². The summed E-state index contributed by atoms with van der Waals surface area (Å²) in [5.41, 5.74) is 0. The normalized spacial score (nSPS) is 13.7. The van der Waals surface area contributed by atoms with Gasteiger partial charge in [-0.2, -0.15) is 0 Å². The number of allylic oxidation sites excluding steroid dienone is 3. The lowest BCUT2D eigenvalue weighted by Crippen LogP contribution is -2.45. The Morgan fingerprint density at radius 3 is 1.73 bits per heavy atom. The first-order valence-corrected chi connectivity index (χ1v) is 14.1. The van der Waals surface area contributed by atoms with Crippen LogP contribution in [0.5, 0.6) is 0 Å². The number of hydrogen-bond donors (Lipinski definition) is 3. The van der Waals surface area contributed by atoms with Gasteiger partial charge in [-0.1, -0.05) is 128 Å². The van der Waals surface area contributed by atoms with Gasteiger partial charge in [0.2, 0.25) is 5.91 Å². The van der Waals surface area contributed by atoms with Gasteiger partial charge in [0.15, 0.2) is 0 Å². The lowest BCUT2D eigenvalue weighted by molar-refractivity contribution is -0.123. The van der Waals surface area contributed by atoms with Gasteiger partial charge in [-0.25, -0.2) is 0 Å². The Morgan fingerprint density at radius 2 is 1.18 bits per heavy atom. The minimum absolute atomic E-state index is 0.0802. The van der Waals surface area contributed by atoms with Gasteiger partial charge in [-0.15, -0.1) is 0 Å². The molecule has 0 fully saturated rings. The summed E-state index contributed by atoms with van der Waals surface area (Å²) in [5.74, 6) is -0.0802. The zero-order valence-electron chi connectivity index (χ0n) is 21.9. The number of unbranched alkanes of at least 4 members (excludes halogenated alkanes) is 15. The number of carbonyl (C=O) groups excluding carboxylic acids is 1. The van der Waals surface area contributed by atoms with Crippen molar-refractivity contribution >= 4 is 5.91 Å². The van der Waals surface area contributed by atoms with E-state index in [2.05, 4.69) is 31.3 Å². The second kappa shape index (κ2) is 25.5. The van der Waals surface area contributed by atoms with E-state index >= 15 is 0 Å². The highest BCUT2D eigenvalue weighted by Gasteiger charge is 2.17. The average molecular weight is 466 g/mol. The fourth-order valence-corrected chi connectivity index (χ4v) is 3.94. The summed E-state index contributed by atoms with van der Waals surface area (Å²) in [6.45, 7) is 4.19. The van der Waals surface area contributed by atoms with Crippen LogP contribution in [0.1, 0.15) is 136 Å². The minimum Gasteiger partial charge on any atom is -0.394 e. The Bertz CT molecular complexity index is 475. The molecule has 2 unspecified atom stereocenters. The number of amides is 1. The molecule has 0 aliphatic heterocycles. The fraction of sp³-hybridized carbons (Fsp3) is 0.828. The van der Waals surface area contributed by atoms with Crippen molar-refractivity contribution in [1.29, 1.82) is 0 Å². The number of nitrogens with one attached hydrogen (secondary N) is 1. The quantitative estimate of drug-likeness (QED) is 0.103. The molecular formula is C29H55NO3. The van der Waals surface area contributed by atoms with Gasteiger partial charge >= 0.3 is 0 Å². The van der Waals surface area contributed by atoms with Crippen molar-refractivity contribution in [3.8, 4) is 0 Å². The van der Waals surface area contributed by atoms with Crippen LogP contribution in [-0.2, 0) is 4.79 Å². The summed E-state index contributed by atoms with van der Waals surface area (Å²) in [5, 5.41) is 22.5. The molecular weight excluding hydrogens is 410 g/mol. The summed E-state index contributed by atoms with van der Waals surface area (Å²) in [7, 11) is 0. The Kier molecular flexibility index (Phi) is 24.6. The molecule has 0 rings (SSSR count). The summed E-state index contributed by atoms with van der Waals surface area (Å²) in [4.78, 5) is 12.2. The second-order valence-electron chi connectivity index (χ2n) is 9.46. The number of hydrogen-bond acceptors (Lipinski definition) is 3. The molecule has 0 radical (unpaired) electrons. The first-order chi connectivity index (χ1) is 16.2. The standard InChI is InChI=1S/C29H55NO3/c1-3-5-7-9-11-13-14-15-16-17-19-21-23-25-29(33)30-27(26-31)28(32)24-22-20-18-12-10-8-6-4-2/h10,12,22,24,27-28,31-32H,3-9,11,13-21,23,25-26H2,1-2H3,(H,30,33)/b12-10+,24-22+. The molecule has 0 saturated carbocycles. The maximum absolute atomic E-state index is 12.2. The van der Waals surface area contributed by atoms with Crippen molar-refractivity contribution in [1.82, 2.24) is 5.32 Å². The predicted octanol–water partition coefficient (Wildman–Crippen LogP) is 7.39. The van der Waals surface area contributed by atoms with Gasteiger partial charge in [0, 0.05) is 6.42 Å². The number of aliphatic hydroxyl groups excluding tert-OH is 2. The molecule has 0 aromatic carbocycles. The molecule has 0 saturated heterocycles. The van der Waals surface area contributed by atoms with Crippen molar-refractivity contribution in [2.24, 2.45) is 0 Å². The molecule has 33 heavy (non-hydrogen) atoms. The molecule has 0 aliphatic rings. The smallest absolute Gasteiger partial charge is 0.220 e. The number of carbonyl (C=O) groups is 1. The van der Waals surface area contributed by atoms with E-state index in [0.717, 1.165) is 32.1 Å². The van der Waals surface area contributed by atoms with Crippen LogP contribution in [0.15, 0.2) is 24.3 Å². The van der Waals surface area contributed by atoms with E-state index in [-0.39, 0.29) is 12.5 Å². The van der Waals surface area contributed by atoms with E-state index in [1.807, 2.05) is 6.08 Å². The molecule has 3 N–H and O–H groups in total. The lowest BCUT2D eigenvalue weighted by Gasteiger charge is -2.19. The summed E-state index contributed by atoms with van der Waals surface area (Å²) < 4.78 is 0. The highest BCUT2D eigenvalue weighted by molar-refractivity contribution is 5.76. The first-order valence-electron chi connectivity index (χ1n) is 14.1. The maximum Gasteiger partial charge on any atom is 0.220 e. The predicted molar refractivity (Wildman–Crippen MR) is 142 cm³/mol. The molecule has 2 atom stereocenters. The van der Waals surface area contributed by atoms with E-state index in [1.54, 1.807) is 6.08 Å². The highest BCUT2D eigenvalue weighted by atomic mass is 16.3. The third-order valence-electron chi connectivity index (χ3n) is 6.19. The van der Waals surface area contributed by atoms with Gasteiger partial charge in [-0.3, -0.25) is 4.79 Å². The van der Waals surface area contributed by atoms with Crippen molar-refractivity contribution in [2.45, 2.75) is 148 Å².